The highest BCUT2D eigenvalue weighted by Crippen LogP contribution is 2.33. The third-order valence-corrected chi connectivity index (χ3v) is 6.22. The largest absolute Gasteiger partial charge is 0.207 e. The van der Waals surface area contributed by atoms with Gasteiger partial charge in [0.05, 0.1) is 11.4 Å². The number of rotatable bonds is 8. The van der Waals surface area contributed by atoms with Gasteiger partial charge in [-0.15, -0.1) is 0 Å². The molecule has 1 saturated carbocycles. The minimum Gasteiger partial charge on any atom is -0.207 e. The summed E-state index contributed by atoms with van der Waals surface area (Å²) < 4.78 is 14.6. The third kappa shape index (κ3) is 5.60. The van der Waals surface area contributed by atoms with Gasteiger partial charge in [0.2, 0.25) is 0 Å². The van der Waals surface area contributed by atoms with E-state index in [0.29, 0.717) is 0 Å². The topological polar surface area (TPSA) is 25.8 Å². The van der Waals surface area contributed by atoms with Gasteiger partial charge in [-0.2, -0.15) is 10.2 Å². The summed E-state index contributed by atoms with van der Waals surface area (Å²) >= 11 is 0. The van der Waals surface area contributed by atoms with Crippen LogP contribution in [0.1, 0.15) is 76.5 Å². The Bertz CT molecular complexity index is 703. The molecule has 1 aliphatic carbocycles. The van der Waals surface area contributed by atoms with Gasteiger partial charge in [-0.05, 0) is 61.3 Å². The van der Waals surface area contributed by atoms with E-state index in [1.54, 1.807) is 6.07 Å². The Labute approximate surface area is 163 Å². The standard InChI is InChI=1S/C24H33FN2/c1-3-5-6-22-15-16-24(27-26-22)21-14-13-20(23(25)17-21)12-11-19-9-7-18(4-2)8-10-19/h13-19H,3-12H2,1-2H3/t18-,19-. The number of aryl methyl sites for hydroxylation is 2. The number of benzene rings is 1. The molecule has 0 atom stereocenters. The minimum absolute atomic E-state index is 0.105. The van der Waals surface area contributed by atoms with Gasteiger partial charge in [-0.3, -0.25) is 0 Å². The Balaban J connectivity index is 1.57. The van der Waals surface area contributed by atoms with Crippen molar-refractivity contribution in [1.29, 1.82) is 0 Å². The van der Waals surface area contributed by atoms with Gasteiger partial charge in [0.15, 0.2) is 0 Å². The van der Waals surface area contributed by atoms with E-state index >= 15 is 0 Å². The lowest BCUT2D eigenvalue weighted by atomic mass is 9.78. The summed E-state index contributed by atoms with van der Waals surface area (Å²) in [5.41, 5.74) is 3.41. The van der Waals surface area contributed by atoms with Crippen molar-refractivity contribution in [1.82, 2.24) is 10.2 Å². The van der Waals surface area contributed by atoms with Crippen molar-refractivity contribution in [2.45, 2.75) is 78.1 Å². The van der Waals surface area contributed by atoms with Gasteiger partial charge < -0.3 is 0 Å². The van der Waals surface area contributed by atoms with Crippen LogP contribution in [0.25, 0.3) is 11.3 Å². The van der Waals surface area contributed by atoms with Gasteiger partial charge in [0, 0.05) is 5.56 Å². The smallest absolute Gasteiger partial charge is 0.127 e. The number of unbranched alkanes of at least 4 members (excludes halogenated alkanes) is 1. The molecule has 0 unspecified atom stereocenters. The Hall–Kier alpha value is -1.77. The molecule has 1 aromatic carbocycles. The maximum Gasteiger partial charge on any atom is 0.127 e. The summed E-state index contributed by atoms with van der Waals surface area (Å²) in [6, 6.07) is 9.52. The monoisotopic (exact) mass is 368 g/mol. The lowest BCUT2D eigenvalue weighted by Gasteiger charge is -2.27. The van der Waals surface area contributed by atoms with Gasteiger partial charge in [0.1, 0.15) is 5.82 Å². The van der Waals surface area contributed by atoms with Crippen LogP contribution < -0.4 is 0 Å². The number of aromatic nitrogens is 2. The summed E-state index contributed by atoms with van der Waals surface area (Å²) in [5.74, 6) is 1.59. The Morgan fingerprint density at radius 1 is 0.926 bits per heavy atom. The molecular formula is C24H33FN2. The summed E-state index contributed by atoms with van der Waals surface area (Å²) in [4.78, 5) is 0. The first-order chi connectivity index (χ1) is 13.2. The van der Waals surface area contributed by atoms with Crippen LogP contribution in [0.5, 0.6) is 0 Å². The molecule has 27 heavy (non-hydrogen) atoms. The van der Waals surface area contributed by atoms with Gasteiger partial charge >= 0.3 is 0 Å². The first-order valence-corrected chi connectivity index (χ1v) is 10.8. The van der Waals surface area contributed by atoms with E-state index in [4.69, 9.17) is 0 Å². The van der Waals surface area contributed by atoms with Gasteiger partial charge in [-0.25, -0.2) is 4.39 Å². The maximum atomic E-state index is 14.6. The quantitative estimate of drug-likeness (QED) is 0.513. The van der Waals surface area contributed by atoms with E-state index in [9.17, 15) is 4.39 Å². The number of halogens is 1. The van der Waals surface area contributed by atoms with E-state index in [1.165, 1.54) is 32.1 Å². The van der Waals surface area contributed by atoms with Crippen LogP contribution in [0, 0.1) is 17.7 Å². The zero-order valence-electron chi connectivity index (χ0n) is 16.9. The lowest BCUT2D eigenvalue weighted by molar-refractivity contribution is 0.258. The number of nitrogens with zero attached hydrogens (tertiary/aromatic N) is 2. The molecule has 3 heteroatoms. The first kappa shape index (κ1) is 20.0. The van der Waals surface area contributed by atoms with E-state index in [2.05, 4.69) is 24.0 Å². The van der Waals surface area contributed by atoms with Gasteiger partial charge in [-0.1, -0.05) is 64.5 Å². The molecule has 146 valence electrons. The Morgan fingerprint density at radius 2 is 1.70 bits per heavy atom. The van der Waals surface area contributed by atoms with Crippen molar-refractivity contribution < 1.29 is 4.39 Å². The van der Waals surface area contributed by atoms with Gasteiger partial charge in [0.25, 0.3) is 0 Å². The number of hydrogen-bond acceptors (Lipinski definition) is 2. The van der Waals surface area contributed by atoms with E-state index in [0.717, 1.165) is 66.5 Å². The first-order valence-electron chi connectivity index (χ1n) is 10.8. The predicted octanol–water partition coefficient (Wildman–Crippen LogP) is 6.77. The fourth-order valence-electron chi connectivity index (χ4n) is 4.20. The molecule has 1 heterocycles. The highest BCUT2D eigenvalue weighted by molar-refractivity contribution is 5.59. The molecule has 3 rings (SSSR count). The summed E-state index contributed by atoms with van der Waals surface area (Å²) in [6.07, 6.45) is 11.8. The van der Waals surface area contributed by atoms with E-state index < -0.39 is 0 Å². The average molecular weight is 369 g/mol. The zero-order valence-corrected chi connectivity index (χ0v) is 16.9. The van der Waals surface area contributed by atoms with Crippen molar-refractivity contribution in [3.05, 3.63) is 47.4 Å². The van der Waals surface area contributed by atoms with Crippen LogP contribution in [-0.2, 0) is 12.8 Å². The normalized spacial score (nSPS) is 20.0. The second-order valence-electron chi connectivity index (χ2n) is 8.15. The minimum atomic E-state index is -0.105. The molecule has 0 spiro atoms. The van der Waals surface area contributed by atoms with Crippen molar-refractivity contribution in [2.75, 3.05) is 0 Å². The zero-order chi connectivity index (χ0) is 19.1. The van der Waals surface area contributed by atoms with Crippen LogP contribution in [0.15, 0.2) is 30.3 Å². The van der Waals surface area contributed by atoms with E-state index in [-0.39, 0.29) is 5.82 Å². The van der Waals surface area contributed by atoms with Crippen molar-refractivity contribution >= 4 is 0 Å². The highest BCUT2D eigenvalue weighted by atomic mass is 19.1. The average Bonchev–Trinajstić information content (AvgIpc) is 2.72. The van der Waals surface area contributed by atoms with E-state index in [1.807, 2.05) is 24.3 Å². The molecule has 1 aromatic heterocycles. The predicted molar refractivity (Wildman–Crippen MR) is 110 cm³/mol. The number of hydrogen-bond donors (Lipinski definition) is 0. The molecule has 0 aliphatic heterocycles. The fraction of sp³-hybridized carbons (Fsp3) is 0.583. The molecule has 0 saturated heterocycles. The van der Waals surface area contributed by atoms with Crippen LogP contribution in [0.4, 0.5) is 4.39 Å². The van der Waals surface area contributed by atoms with Crippen molar-refractivity contribution in [2.24, 2.45) is 11.8 Å². The second kappa shape index (κ2) is 9.96. The molecule has 0 bridgehead atoms. The molecular weight excluding hydrogens is 335 g/mol. The van der Waals surface area contributed by atoms with Crippen LogP contribution in [-0.4, -0.2) is 10.2 Å². The van der Waals surface area contributed by atoms with Crippen LogP contribution >= 0.6 is 0 Å². The SMILES string of the molecule is CCCCc1ccc(-c2ccc(CC[C@H]3CC[C@H](CC)CC3)c(F)c2)nn1. The Morgan fingerprint density at radius 3 is 2.33 bits per heavy atom. The fourth-order valence-corrected chi connectivity index (χ4v) is 4.20. The third-order valence-electron chi connectivity index (χ3n) is 6.22. The van der Waals surface area contributed by atoms with Crippen LogP contribution in [0.3, 0.4) is 0 Å². The second-order valence-corrected chi connectivity index (χ2v) is 8.15. The molecule has 0 N–H and O–H groups in total. The molecule has 0 amide bonds. The van der Waals surface area contributed by atoms with Crippen molar-refractivity contribution in [3.63, 3.8) is 0 Å². The molecule has 2 nitrogen and oxygen atoms in total. The Kier molecular flexibility index (Phi) is 7.37. The molecule has 1 aliphatic rings. The summed E-state index contributed by atoms with van der Waals surface area (Å²) in [7, 11) is 0. The molecule has 1 fully saturated rings. The highest BCUT2D eigenvalue weighted by Gasteiger charge is 2.20. The molecule has 0 radical (unpaired) electrons. The van der Waals surface area contributed by atoms with Crippen molar-refractivity contribution in [3.8, 4) is 11.3 Å². The summed E-state index contributed by atoms with van der Waals surface area (Å²) in [5, 5.41) is 8.57. The summed E-state index contributed by atoms with van der Waals surface area (Å²) in [6.45, 7) is 4.47. The maximum absolute atomic E-state index is 14.6. The van der Waals surface area contributed by atoms with Crippen LogP contribution in [0.2, 0.25) is 0 Å². The molecule has 2 aromatic rings. The lowest BCUT2D eigenvalue weighted by Crippen LogP contribution is -2.14.